The van der Waals surface area contributed by atoms with Crippen LogP contribution in [0, 0.1) is 10.1 Å². The van der Waals surface area contributed by atoms with E-state index in [1.165, 1.54) is 30.3 Å². The van der Waals surface area contributed by atoms with Crippen molar-refractivity contribution in [2.45, 2.75) is 57.4 Å². The predicted octanol–water partition coefficient (Wildman–Crippen LogP) is 6.49. The first-order valence-electron chi connectivity index (χ1n) is 19.4. The van der Waals surface area contributed by atoms with Gasteiger partial charge in [0.15, 0.2) is 5.76 Å². The lowest BCUT2D eigenvalue weighted by atomic mass is 10.00. The van der Waals surface area contributed by atoms with Gasteiger partial charge in [-0.05, 0) is 97.1 Å². The average molecular weight is 797 g/mol. The number of furan rings is 1. The molecule has 1 atom stereocenters. The normalized spacial score (nSPS) is 14.8. The fourth-order valence-corrected chi connectivity index (χ4v) is 7.14. The minimum Gasteiger partial charge on any atom is -0.463 e. The topological polar surface area (TPSA) is 211 Å². The molecule has 0 aliphatic carbocycles. The van der Waals surface area contributed by atoms with Crippen molar-refractivity contribution in [2.75, 3.05) is 13.1 Å². The number of nitro groups is 1. The number of imide groups is 2. The number of hydrogen-bond donors (Lipinski definition) is 3. The summed E-state index contributed by atoms with van der Waals surface area (Å²) in [7, 11) is 0. The lowest BCUT2D eigenvalue weighted by Gasteiger charge is -2.27. The van der Waals surface area contributed by atoms with E-state index in [0.29, 0.717) is 41.4 Å². The summed E-state index contributed by atoms with van der Waals surface area (Å²) in [5.74, 6) is -2.39. The molecule has 1 fully saturated rings. The molecule has 4 heterocycles. The Morgan fingerprint density at radius 1 is 0.729 bits per heavy atom. The molecule has 6 amide bonds. The molecule has 7 rings (SSSR count). The molecule has 3 N–H and O–H groups in total. The van der Waals surface area contributed by atoms with Gasteiger partial charge in [-0.2, -0.15) is 0 Å². The number of amides is 6. The van der Waals surface area contributed by atoms with Gasteiger partial charge in [-0.25, -0.2) is 4.98 Å². The molecule has 15 heteroatoms. The van der Waals surface area contributed by atoms with Crippen LogP contribution >= 0.6 is 0 Å². The maximum Gasteiger partial charge on any atom is 0.269 e. The second kappa shape index (κ2) is 17.9. The molecule has 0 spiro atoms. The van der Waals surface area contributed by atoms with Crippen LogP contribution in [0.4, 0.5) is 5.69 Å². The molecule has 0 radical (unpaired) electrons. The standard InChI is InChI=1S/C44H40N6O9/c51-39-20-19-37(42(54)48-39)49-43(55)33-18-15-30(24-34(33)44(49)56)41(53)46-22-6-4-2-1-3-5-21-45-40(52)29-11-9-27(10-12-29)31-25-35(28-13-16-32(17-14-28)50(57)58)47-36(26-31)38-8-7-23-59-38/h7-18,23-26,37H,1-6,19-22H2,(H,45,52)(H,46,53)(H,48,51,54). The van der Waals surface area contributed by atoms with Gasteiger partial charge in [-0.15, -0.1) is 0 Å². The van der Waals surface area contributed by atoms with Gasteiger partial charge in [-0.1, -0.05) is 37.8 Å². The van der Waals surface area contributed by atoms with Crippen LogP contribution in [0.3, 0.4) is 0 Å². The van der Waals surface area contributed by atoms with E-state index in [2.05, 4.69) is 16.0 Å². The van der Waals surface area contributed by atoms with Gasteiger partial charge < -0.3 is 15.1 Å². The van der Waals surface area contributed by atoms with E-state index >= 15 is 0 Å². The van der Waals surface area contributed by atoms with Crippen LogP contribution in [0.25, 0.3) is 33.8 Å². The van der Waals surface area contributed by atoms with Crippen molar-refractivity contribution in [3.8, 4) is 33.8 Å². The van der Waals surface area contributed by atoms with Crippen LogP contribution < -0.4 is 16.0 Å². The van der Waals surface area contributed by atoms with E-state index < -0.39 is 34.6 Å². The highest BCUT2D eigenvalue weighted by molar-refractivity contribution is 6.24. The van der Waals surface area contributed by atoms with Crippen LogP contribution in [0.5, 0.6) is 0 Å². The third-order valence-corrected chi connectivity index (χ3v) is 10.3. The molecule has 2 aliphatic rings. The third kappa shape index (κ3) is 9.14. The molecule has 0 saturated carbocycles. The number of fused-ring (bicyclic) bond motifs is 1. The fourth-order valence-electron chi connectivity index (χ4n) is 7.14. The lowest BCUT2D eigenvalue weighted by molar-refractivity contribution is -0.384. The highest BCUT2D eigenvalue weighted by atomic mass is 16.6. The number of aromatic nitrogens is 1. The monoisotopic (exact) mass is 796 g/mol. The summed E-state index contributed by atoms with van der Waals surface area (Å²) in [6.45, 7) is 0.972. The molecular formula is C44H40N6O9. The zero-order chi connectivity index (χ0) is 41.5. The Bertz CT molecular complexity index is 2430. The van der Waals surface area contributed by atoms with Crippen LogP contribution in [0.1, 0.15) is 92.8 Å². The van der Waals surface area contributed by atoms with Crippen molar-refractivity contribution < 1.29 is 38.1 Å². The number of unbranched alkanes of at least 4 members (excludes halogenated alkanes) is 5. The Labute approximate surface area is 338 Å². The second-order valence-electron chi connectivity index (χ2n) is 14.3. The van der Waals surface area contributed by atoms with Crippen LogP contribution in [0.15, 0.2) is 102 Å². The van der Waals surface area contributed by atoms with Gasteiger partial charge in [0, 0.05) is 48.3 Å². The van der Waals surface area contributed by atoms with Crippen molar-refractivity contribution >= 4 is 41.1 Å². The van der Waals surface area contributed by atoms with Crippen molar-refractivity contribution in [2.24, 2.45) is 0 Å². The minimum atomic E-state index is -1.07. The van der Waals surface area contributed by atoms with E-state index in [4.69, 9.17) is 9.40 Å². The summed E-state index contributed by atoms with van der Waals surface area (Å²) >= 11 is 0. The van der Waals surface area contributed by atoms with Crippen LogP contribution in [-0.4, -0.2) is 69.4 Å². The molecule has 1 saturated heterocycles. The first kappa shape index (κ1) is 39.9. The number of carbonyl (C=O) groups is 6. The van der Waals surface area contributed by atoms with E-state index in [1.54, 1.807) is 42.7 Å². The smallest absolute Gasteiger partial charge is 0.269 e. The van der Waals surface area contributed by atoms with Crippen molar-refractivity contribution in [3.05, 3.63) is 130 Å². The molecule has 15 nitrogen and oxygen atoms in total. The number of hydrogen-bond acceptors (Lipinski definition) is 10. The largest absolute Gasteiger partial charge is 0.463 e. The number of pyridine rings is 1. The summed E-state index contributed by atoms with van der Waals surface area (Å²) in [5, 5.41) is 19.1. The molecule has 2 aromatic heterocycles. The van der Waals surface area contributed by atoms with E-state index in [-0.39, 0.29) is 47.0 Å². The van der Waals surface area contributed by atoms with E-state index in [9.17, 15) is 38.9 Å². The number of rotatable bonds is 16. The van der Waals surface area contributed by atoms with Crippen LogP contribution in [-0.2, 0) is 9.59 Å². The molecule has 0 bridgehead atoms. The molecule has 5 aromatic rings. The maximum atomic E-state index is 13.1. The first-order valence-corrected chi connectivity index (χ1v) is 19.4. The molecule has 1 unspecified atom stereocenters. The van der Waals surface area contributed by atoms with Gasteiger partial charge in [-0.3, -0.25) is 49.1 Å². The Morgan fingerprint density at radius 3 is 1.98 bits per heavy atom. The summed E-state index contributed by atoms with van der Waals surface area (Å²) in [6.07, 6.45) is 6.97. The number of carbonyl (C=O) groups excluding carboxylic acids is 6. The fraction of sp³-hybridized carbons (Fsp3) is 0.250. The van der Waals surface area contributed by atoms with Gasteiger partial charge in [0.05, 0.1) is 28.0 Å². The predicted molar refractivity (Wildman–Crippen MR) is 215 cm³/mol. The number of piperidine rings is 1. The number of nitrogens with one attached hydrogen (secondary N) is 3. The van der Waals surface area contributed by atoms with Gasteiger partial charge in [0.2, 0.25) is 11.8 Å². The highest BCUT2D eigenvalue weighted by Crippen LogP contribution is 2.32. The zero-order valence-electron chi connectivity index (χ0n) is 31.9. The van der Waals surface area contributed by atoms with Crippen molar-refractivity contribution in [3.63, 3.8) is 0 Å². The lowest BCUT2D eigenvalue weighted by Crippen LogP contribution is -2.54. The zero-order valence-corrected chi connectivity index (χ0v) is 31.9. The first-order chi connectivity index (χ1) is 28.6. The molecule has 300 valence electrons. The number of benzene rings is 3. The summed E-state index contributed by atoms with van der Waals surface area (Å²) in [6, 6.07) is 24.0. The van der Waals surface area contributed by atoms with Gasteiger partial charge in [0.1, 0.15) is 11.7 Å². The summed E-state index contributed by atoms with van der Waals surface area (Å²) < 4.78 is 5.59. The van der Waals surface area contributed by atoms with Crippen molar-refractivity contribution in [1.82, 2.24) is 25.8 Å². The Morgan fingerprint density at radius 2 is 1.34 bits per heavy atom. The SMILES string of the molecule is O=C1CCC(N2C(=O)c3ccc(C(=O)NCCCCCCCCNC(=O)c4ccc(-c5cc(-c6ccc([N+](=O)[O-])cc6)nc(-c6ccco6)c5)cc4)cc3C2=O)C(=O)N1. The quantitative estimate of drug-likeness (QED) is 0.0428. The van der Waals surface area contributed by atoms with Crippen LogP contribution in [0.2, 0.25) is 0 Å². The number of nitro benzene ring substituents is 1. The Kier molecular flexibility index (Phi) is 12.1. The molecular weight excluding hydrogens is 757 g/mol. The molecule has 59 heavy (non-hydrogen) atoms. The molecule has 2 aliphatic heterocycles. The van der Waals surface area contributed by atoms with Gasteiger partial charge >= 0.3 is 0 Å². The van der Waals surface area contributed by atoms with Crippen molar-refractivity contribution in [1.29, 1.82) is 0 Å². The summed E-state index contributed by atoms with van der Waals surface area (Å²) in [4.78, 5) is 91.8. The van der Waals surface area contributed by atoms with E-state index in [0.717, 1.165) is 54.6 Å². The van der Waals surface area contributed by atoms with E-state index in [1.807, 2.05) is 24.3 Å². The summed E-state index contributed by atoms with van der Waals surface area (Å²) in [5.41, 5.74) is 4.55. The second-order valence-corrected chi connectivity index (χ2v) is 14.3. The highest BCUT2D eigenvalue weighted by Gasteiger charge is 2.44. The number of nitrogens with zero attached hydrogens (tertiary/aromatic N) is 3. The average Bonchev–Trinajstić information content (AvgIpc) is 3.88. The minimum absolute atomic E-state index is 0.0110. The Hall–Kier alpha value is -7.29. The maximum absolute atomic E-state index is 13.1. The van der Waals surface area contributed by atoms with Gasteiger partial charge in [0.25, 0.3) is 29.3 Å². The third-order valence-electron chi connectivity index (χ3n) is 10.3. The number of non-ortho nitro benzene ring substituents is 1. The Balaban J connectivity index is 0.815. The molecule has 3 aromatic carbocycles.